The number of rotatable bonds is 3. The zero-order valence-electron chi connectivity index (χ0n) is 10.4. The number of fused-ring (bicyclic) bond motifs is 1. The predicted octanol–water partition coefficient (Wildman–Crippen LogP) is 2.86. The third kappa shape index (κ3) is 2.14. The molecule has 0 amide bonds. The average molecular weight is 233 g/mol. The van der Waals surface area contributed by atoms with Crippen LogP contribution in [0.4, 0.5) is 5.69 Å². The molecule has 17 heavy (non-hydrogen) atoms. The molecule has 0 bridgehead atoms. The number of carboxylic acid groups (broad SMARTS) is 1. The van der Waals surface area contributed by atoms with Crippen LogP contribution in [-0.2, 0) is 4.79 Å². The summed E-state index contributed by atoms with van der Waals surface area (Å²) in [5.41, 5.74) is 2.06. The first-order valence-corrected chi connectivity index (χ1v) is 6.23. The van der Waals surface area contributed by atoms with E-state index in [0.717, 1.165) is 24.2 Å². The molecule has 3 nitrogen and oxygen atoms in total. The Morgan fingerprint density at radius 3 is 2.88 bits per heavy atom. The van der Waals surface area contributed by atoms with E-state index in [1.54, 1.807) is 0 Å². The average Bonchev–Trinajstić information content (AvgIpc) is 2.36. The van der Waals surface area contributed by atoms with E-state index in [1.807, 2.05) is 24.3 Å². The standard InChI is InChI=1S/C14H19NO2/c1-3-10(2)15-9-8-12(14(16)17)11-6-4-5-7-13(11)15/h4-7,10,12H,3,8-9H2,1-2H3,(H,16,17). The van der Waals surface area contributed by atoms with Gasteiger partial charge in [0.2, 0.25) is 0 Å². The first kappa shape index (κ1) is 12.0. The van der Waals surface area contributed by atoms with E-state index in [9.17, 15) is 9.90 Å². The number of carboxylic acids is 1. The maximum absolute atomic E-state index is 11.2. The second-order valence-corrected chi connectivity index (χ2v) is 4.69. The van der Waals surface area contributed by atoms with Crippen molar-refractivity contribution in [2.45, 2.75) is 38.6 Å². The monoisotopic (exact) mass is 233 g/mol. The van der Waals surface area contributed by atoms with Crippen LogP contribution < -0.4 is 4.90 Å². The highest BCUT2D eigenvalue weighted by molar-refractivity contribution is 5.80. The molecule has 2 atom stereocenters. The minimum Gasteiger partial charge on any atom is -0.481 e. The van der Waals surface area contributed by atoms with E-state index < -0.39 is 5.97 Å². The van der Waals surface area contributed by atoms with Gasteiger partial charge in [0.15, 0.2) is 0 Å². The Bertz CT molecular complexity index is 416. The fourth-order valence-corrected chi connectivity index (χ4v) is 2.52. The van der Waals surface area contributed by atoms with Crippen molar-refractivity contribution in [2.75, 3.05) is 11.4 Å². The Labute approximate surface area is 102 Å². The maximum atomic E-state index is 11.2. The molecule has 1 aliphatic heterocycles. The van der Waals surface area contributed by atoms with Gasteiger partial charge in [-0.15, -0.1) is 0 Å². The molecule has 0 radical (unpaired) electrons. The number of carbonyl (C=O) groups is 1. The molecular formula is C14H19NO2. The van der Waals surface area contributed by atoms with Crippen LogP contribution in [0.5, 0.6) is 0 Å². The largest absolute Gasteiger partial charge is 0.481 e. The highest BCUT2D eigenvalue weighted by Gasteiger charge is 2.30. The van der Waals surface area contributed by atoms with Gasteiger partial charge in [0.25, 0.3) is 0 Å². The van der Waals surface area contributed by atoms with E-state index in [1.165, 1.54) is 0 Å². The van der Waals surface area contributed by atoms with Crippen LogP contribution in [-0.4, -0.2) is 23.7 Å². The van der Waals surface area contributed by atoms with Gasteiger partial charge in [0.05, 0.1) is 5.92 Å². The highest BCUT2D eigenvalue weighted by Crippen LogP contribution is 2.36. The number of nitrogens with zero attached hydrogens (tertiary/aromatic N) is 1. The molecule has 2 unspecified atom stereocenters. The summed E-state index contributed by atoms with van der Waals surface area (Å²) in [5, 5.41) is 9.25. The fraction of sp³-hybridized carbons (Fsp3) is 0.500. The topological polar surface area (TPSA) is 40.5 Å². The van der Waals surface area contributed by atoms with Gasteiger partial charge in [-0.2, -0.15) is 0 Å². The fourth-order valence-electron chi connectivity index (χ4n) is 2.52. The molecule has 0 fully saturated rings. The number of para-hydroxylation sites is 1. The Morgan fingerprint density at radius 1 is 1.53 bits per heavy atom. The molecule has 92 valence electrons. The quantitative estimate of drug-likeness (QED) is 0.872. The van der Waals surface area contributed by atoms with Gasteiger partial charge in [-0.25, -0.2) is 0 Å². The van der Waals surface area contributed by atoms with Crippen LogP contribution in [0.15, 0.2) is 24.3 Å². The number of anilines is 1. The van der Waals surface area contributed by atoms with Crippen molar-refractivity contribution in [3.8, 4) is 0 Å². The van der Waals surface area contributed by atoms with Crippen molar-refractivity contribution in [1.82, 2.24) is 0 Å². The summed E-state index contributed by atoms with van der Waals surface area (Å²) in [6.45, 7) is 5.19. The summed E-state index contributed by atoms with van der Waals surface area (Å²) in [6, 6.07) is 8.36. The third-order valence-electron chi connectivity index (χ3n) is 3.70. The minimum atomic E-state index is -0.707. The van der Waals surface area contributed by atoms with Gasteiger partial charge < -0.3 is 10.0 Å². The Hall–Kier alpha value is -1.51. The molecule has 3 heteroatoms. The molecule has 0 aliphatic carbocycles. The Kier molecular flexibility index (Phi) is 3.36. The van der Waals surface area contributed by atoms with Crippen LogP contribution in [0.1, 0.15) is 38.2 Å². The van der Waals surface area contributed by atoms with Crippen molar-refractivity contribution in [3.63, 3.8) is 0 Å². The molecule has 0 saturated heterocycles. The molecular weight excluding hydrogens is 214 g/mol. The van der Waals surface area contributed by atoms with Crippen LogP contribution >= 0.6 is 0 Å². The number of benzene rings is 1. The SMILES string of the molecule is CCC(C)N1CCC(C(=O)O)c2ccccc21. The molecule has 1 aromatic rings. The lowest BCUT2D eigenvalue weighted by Gasteiger charge is -2.38. The normalized spacial score (nSPS) is 20.8. The first-order chi connectivity index (χ1) is 8.15. The number of hydrogen-bond donors (Lipinski definition) is 1. The third-order valence-corrected chi connectivity index (χ3v) is 3.70. The lowest BCUT2D eigenvalue weighted by atomic mass is 9.89. The van der Waals surface area contributed by atoms with Crippen molar-refractivity contribution >= 4 is 11.7 Å². The van der Waals surface area contributed by atoms with Crippen LogP contribution in [0.2, 0.25) is 0 Å². The van der Waals surface area contributed by atoms with E-state index in [4.69, 9.17) is 0 Å². The highest BCUT2D eigenvalue weighted by atomic mass is 16.4. The summed E-state index contributed by atoms with van der Waals surface area (Å²) in [7, 11) is 0. The summed E-state index contributed by atoms with van der Waals surface area (Å²) < 4.78 is 0. The molecule has 0 saturated carbocycles. The zero-order chi connectivity index (χ0) is 12.4. The summed E-state index contributed by atoms with van der Waals surface area (Å²) in [5.74, 6) is -1.05. The molecule has 1 heterocycles. The van der Waals surface area contributed by atoms with Gasteiger partial charge in [0.1, 0.15) is 0 Å². The number of aliphatic carboxylic acids is 1. The Morgan fingerprint density at radius 2 is 2.24 bits per heavy atom. The lowest BCUT2D eigenvalue weighted by Crippen LogP contribution is -2.39. The zero-order valence-corrected chi connectivity index (χ0v) is 10.4. The van der Waals surface area contributed by atoms with Gasteiger partial charge in [-0.3, -0.25) is 4.79 Å². The predicted molar refractivity (Wildman–Crippen MR) is 68.5 cm³/mol. The second kappa shape index (κ2) is 4.78. The first-order valence-electron chi connectivity index (χ1n) is 6.23. The van der Waals surface area contributed by atoms with Gasteiger partial charge >= 0.3 is 5.97 Å². The van der Waals surface area contributed by atoms with Crippen LogP contribution in [0.3, 0.4) is 0 Å². The van der Waals surface area contributed by atoms with Crippen molar-refractivity contribution in [1.29, 1.82) is 0 Å². The van der Waals surface area contributed by atoms with Gasteiger partial charge in [0, 0.05) is 18.3 Å². The van der Waals surface area contributed by atoms with Crippen molar-refractivity contribution in [3.05, 3.63) is 29.8 Å². The molecule has 0 spiro atoms. The molecule has 0 aromatic heterocycles. The smallest absolute Gasteiger partial charge is 0.311 e. The van der Waals surface area contributed by atoms with E-state index in [-0.39, 0.29) is 5.92 Å². The van der Waals surface area contributed by atoms with Crippen LogP contribution in [0.25, 0.3) is 0 Å². The minimum absolute atomic E-state index is 0.341. The lowest BCUT2D eigenvalue weighted by molar-refractivity contribution is -0.139. The molecule has 1 N–H and O–H groups in total. The maximum Gasteiger partial charge on any atom is 0.311 e. The van der Waals surface area contributed by atoms with E-state index in [2.05, 4.69) is 18.7 Å². The second-order valence-electron chi connectivity index (χ2n) is 4.69. The van der Waals surface area contributed by atoms with Crippen LogP contribution in [0, 0.1) is 0 Å². The molecule has 2 rings (SSSR count). The number of hydrogen-bond acceptors (Lipinski definition) is 2. The van der Waals surface area contributed by atoms with E-state index in [0.29, 0.717) is 12.5 Å². The van der Waals surface area contributed by atoms with Crippen molar-refractivity contribution in [2.24, 2.45) is 0 Å². The summed E-state index contributed by atoms with van der Waals surface area (Å²) in [4.78, 5) is 13.6. The van der Waals surface area contributed by atoms with Crippen molar-refractivity contribution < 1.29 is 9.90 Å². The molecule has 1 aliphatic rings. The Balaban J connectivity index is 2.40. The summed E-state index contributed by atoms with van der Waals surface area (Å²) >= 11 is 0. The summed E-state index contributed by atoms with van der Waals surface area (Å²) in [6.07, 6.45) is 1.78. The van der Waals surface area contributed by atoms with E-state index >= 15 is 0 Å². The van der Waals surface area contributed by atoms with Gasteiger partial charge in [-0.1, -0.05) is 25.1 Å². The van der Waals surface area contributed by atoms with Gasteiger partial charge in [-0.05, 0) is 31.4 Å². The molecule has 1 aromatic carbocycles.